The predicted octanol–water partition coefficient (Wildman–Crippen LogP) is 1.49. The van der Waals surface area contributed by atoms with Gasteiger partial charge in [0.15, 0.2) is 0 Å². The first kappa shape index (κ1) is 8.96. The lowest BCUT2D eigenvalue weighted by molar-refractivity contribution is 0.503. The van der Waals surface area contributed by atoms with Crippen molar-refractivity contribution in [3.63, 3.8) is 0 Å². The van der Waals surface area contributed by atoms with Gasteiger partial charge in [-0.1, -0.05) is 12.8 Å². The van der Waals surface area contributed by atoms with E-state index in [1.165, 1.54) is 17.9 Å². The van der Waals surface area contributed by atoms with Gasteiger partial charge in [-0.2, -0.15) is 11.8 Å². The molecule has 0 radical (unpaired) electrons. The monoisotopic (exact) mass is 169 g/mol. The first-order chi connectivity index (χ1) is 5.36. The Morgan fingerprint density at radius 1 is 1.82 bits per heavy atom. The molecule has 1 aliphatic rings. The van der Waals surface area contributed by atoms with Gasteiger partial charge in [0.2, 0.25) is 0 Å². The van der Waals surface area contributed by atoms with Crippen LogP contribution in [0.2, 0.25) is 0 Å². The highest BCUT2D eigenvalue weighted by molar-refractivity contribution is 7.99. The normalized spacial score (nSPS) is 26.4. The average molecular weight is 169 g/mol. The molecule has 0 aromatic rings. The molecule has 1 aliphatic heterocycles. The van der Waals surface area contributed by atoms with E-state index in [1.54, 1.807) is 0 Å². The van der Waals surface area contributed by atoms with Crippen LogP contribution in [0.3, 0.4) is 0 Å². The van der Waals surface area contributed by atoms with Crippen LogP contribution in [0.5, 0.6) is 0 Å². The molecule has 0 amide bonds. The first-order valence-electron chi connectivity index (χ1n) is 4.16. The lowest BCUT2D eigenvalue weighted by atomic mass is 10.2. The minimum atomic E-state index is 0.290. The molecule has 1 N–H and O–H groups in total. The van der Waals surface area contributed by atoms with Gasteiger partial charge < -0.3 is 5.32 Å². The SMILES string of the molecule is C#CC(CC)NC1CCSC1. The molecule has 2 unspecified atom stereocenters. The van der Waals surface area contributed by atoms with E-state index in [0.717, 1.165) is 6.42 Å². The number of rotatable bonds is 3. The standard InChI is InChI=1S/C9H15NS/c1-3-8(4-2)10-9-5-6-11-7-9/h1,8-10H,4-7H2,2H3. The van der Waals surface area contributed by atoms with Crippen LogP contribution < -0.4 is 5.32 Å². The molecule has 1 rings (SSSR count). The van der Waals surface area contributed by atoms with Gasteiger partial charge in [0.25, 0.3) is 0 Å². The Kier molecular flexibility index (Phi) is 3.82. The molecular weight excluding hydrogens is 154 g/mol. The van der Waals surface area contributed by atoms with Crippen LogP contribution in [0.1, 0.15) is 19.8 Å². The van der Waals surface area contributed by atoms with Crippen molar-refractivity contribution in [1.29, 1.82) is 0 Å². The summed E-state index contributed by atoms with van der Waals surface area (Å²) < 4.78 is 0. The summed E-state index contributed by atoms with van der Waals surface area (Å²) in [5.74, 6) is 5.28. The van der Waals surface area contributed by atoms with Crippen molar-refractivity contribution in [2.75, 3.05) is 11.5 Å². The Labute approximate surface area is 73.3 Å². The molecule has 0 bridgehead atoms. The van der Waals surface area contributed by atoms with Crippen LogP contribution in [0.15, 0.2) is 0 Å². The van der Waals surface area contributed by atoms with Crippen molar-refractivity contribution < 1.29 is 0 Å². The van der Waals surface area contributed by atoms with E-state index in [2.05, 4.69) is 18.2 Å². The lowest BCUT2D eigenvalue weighted by Gasteiger charge is -2.15. The maximum absolute atomic E-state index is 5.34. The second kappa shape index (κ2) is 4.69. The average Bonchev–Trinajstić information content (AvgIpc) is 2.52. The minimum Gasteiger partial charge on any atom is -0.300 e. The fourth-order valence-corrected chi connectivity index (χ4v) is 2.40. The van der Waals surface area contributed by atoms with Gasteiger partial charge in [0, 0.05) is 11.8 Å². The predicted molar refractivity (Wildman–Crippen MR) is 51.8 cm³/mol. The molecule has 0 spiro atoms. The van der Waals surface area contributed by atoms with Gasteiger partial charge in [0.05, 0.1) is 6.04 Å². The number of hydrogen-bond donors (Lipinski definition) is 1. The summed E-state index contributed by atoms with van der Waals surface area (Å²) in [6.07, 6.45) is 7.66. The third-order valence-corrected chi connectivity index (χ3v) is 3.14. The van der Waals surface area contributed by atoms with Crippen molar-refractivity contribution in [3.8, 4) is 12.3 Å². The summed E-state index contributed by atoms with van der Waals surface area (Å²) in [4.78, 5) is 0. The van der Waals surface area contributed by atoms with Crippen LogP contribution in [0.25, 0.3) is 0 Å². The third-order valence-electron chi connectivity index (χ3n) is 1.98. The molecule has 1 nitrogen and oxygen atoms in total. The van der Waals surface area contributed by atoms with E-state index in [4.69, 9.17) is 6.42 Å². The van der Waals surface area contributed by atoms with Gasteiger partial charge in [-0.3, -0.25) is 0 Å². The largest absolute Gasteiger partial charge is 0.300 e. The third kappa shape index (κ3) is 2.76. The molecule has 2 atom stereocenters. The van der Waals surface area contributed by atoms with Gasteiger partial charge >= 0.3 is 0 Å². The molecule has 2 heteroatoms. The van der Waals surface area contributed by atoms with E-state index in [-0.39, 0.29) is 0 Å². The molecule has 11 heavy (non-hydrogen) atoms. The summed E-state index contributed by atoms with van der Waals surface area (Å²) in [5.41, 5.74) is 0. The van der Waals surface area contributed by atoms with E-state index < -0.39 is 0 Å². The molecule has 0 aliphatic carbocycles. The highest BCUT2D eigenvalue weighted by Gasteiger charge is 2.16. The van der Waals surface area contributed by atoms with Gasteiger partial charge in [-0.25, -0.2) is 0 Å². The Balaban J connectivity index is 2.23. The van der Waals surface area contributed by atoms with Crippen LogP contribution >= 0.6 is 11.8 Å². The molecular formula is C9H15NS. The smallest absolute Gasteiger partial charge is 0.0686 e. The molecule has 1 fully saturated rings. The Bertz CT molecular complexity index is 144. The number of hydrogen-bond acceptors (Lipinski definition) is 2. The minimum absolute atomic E-state index is 0.290. The fourth-order valence-electron chi connectivity index (χ4n) is 1.23. The summed E-state index contributed by atoms with van der Waals surface area (Å²) in [5, 5.41) is 3.46. The summed E-state index contributed by atoms with van der Waals surface area (Å²) in [7, 11) is 0. The maximum atomic E-state index is 5.34. The molecule has 1 saturated heterocycles. The van der Waals surface area contributed by atoms with Crippen molar-refractivity contribution >= 4 is 11.8 Å². The van der Waals surface area contributed by atoms with Crippen molar-refractivity contribution in [3.05, 3.63) is 0 Å². The maximum Gasteiger partial charge on any atom is 0.0686 e. The van der Waals surface area contributed by atoms with E-state index in [1.807, 2.05) is 11.8 Å². The molecule has 0 aromatic heterocycles. The molecule has 0 aromatic carbocycles. The zero-order valence-electron chi connectivity index (χ0n) is 6.97. The highest BCUT2D eigenvalue weighted by Crippen LogP contribution is 2.17. The topological polar surface area (TPSA) is 12.0 Å². The number of nitrogens with one attached hydrogen (secondary N) is 1. The van der Waals surface area contributed by atoms with Crippen LogP contribution in [0.4, 0.5) is 0 Å². The first-order valence-corrected chi connectivity index (χ1v) is 5.32. The number of terminal acetylenes is 1. The van der Waals surface area contributed by atoms with Gasteiger partial charge in [-0.05, 0) is 18.6 Å². The second-order valence-corrected chi connectivity index (χ2v) is 4.00. The summed E-state index contributed by atoms with van der Waals surface area (Å²) in [6.45, 7) is 2.12. The van der Waals surface area contributed by atoms with Crippen molar-refractivity contribution in [2.45, 2.75) is 31.8 Å². The quantitative estimate of drug-likeness (QED) is 0.642. The van der Waals surface area contributed by atoms with Gasteiger partial charge in [-0.15, -0.1) is 6.42 Å². The highest BCUT2D eigenvalue weighted by atomic mass is 32.2. The fraction of sp³-hybridized carbons (Fsp3) is 0.778. The van der Waals surface area contributed by atoms with Crippen LogP contribution in [0, 0.1) is 12.3 Å². The Hall–Kier alpha value is -0.130. The van der Waals surface area contributed by atoms with Crippen LogP contribution in [-0.4, -0.2) is 23.6 Å². The zero-order chi connectivity index (χ0) is 8.10. The molecule has 62 valence electrons. The second-order valence-electron chi connectivity index (χ2n) is 2.85. The van der Waals surface area contributed by atoms with Crippen LogP contribution in [-0.2, 0) is 0 Å². The number of thioether (sulfide) groups is 1. The van der Waals surface area contributed by atoms with E-state index >= 15 is 0 Å². The summed E-state index contributed by atoms with van der Waals surface area (Å²) >= 11 is 2.01. The molecule has 1 heterocycles. The molecule has 0 saturated carbocycles. The van der Waals surface area contributed by atoms with Gasteiger partial charge in [0.1, 0.15) is 0 Å². The Morgan fingerprint density at radius 3 is 3.09 bits per heavy atom. The van der Waals surface area contributed by atoms with E-state index in [0.29, 0.717) is 12.1 Å². The summed E-state index contributed by atoms with van der Waals surface area (Å²) in [6, 6.07) is 0.958. The van der Waals surface area contributed by atoms with E-state index in [9.17, 15) is 0 Å². The zero-order valence-corrected chi connectivity index (χ0v) is 7.79. The Morgan fingerprint density at radius 2 is 2.64 bits per heavy atom. The van der Waals surface area contributed by atoms with Crippen molar-refractivity contribution in [1.82, 2.24) is 5.32 Å². The lowest BCUT2D eigenvalue weighted by Crippen LogP contribution is -2.36. The van der Waals surface area contributed by atoms with Crippen molar-refractivity contribution in [2.24, 2.45) is 0 Å².